The zero-order valence-corrected chi connectivity index (χ0v) is 9.25. The van der Waals surface area contributed by atoms with E-state index in [2.05, 4.69) is 24.2 Å². The van der Waals surface area contributed by atoms with Gasteiger partial charge in [-0.3, -0.25) is 4.68 Å². The number of rotatable bonds is 4. The smallest absolute Gasteiger partial charge is 0.0824 e. The van der Waals surface area contributed by atoms with Gasteiger partial charge in [0.2, 0.25) is 0 Å². The zero-order chi connectivity index (χ0) is 10.1. The molecule has 0 unspecified atom stereocenters. The van der Waals surface area contributed by atoms with Crippen molar-refractivity contribution in [2.45, 2.75) is 53.5 Å². The molecule has 0 aliphatic heterocycles. The zero-order valence-electron chi connectivity index (χ0n) is 9.25. The van der Waals surface area contributed by atoms with Crippen LogP contribution in [-0.2, 0) is 13.0 Å². The minimum Gasteiger partial charge on any atom is -0.252 e. The molecule has 0 spiro atoms. The van der Waals surface area contributed by atoms with E-state index in [-0.39, 0.29) is 0 Å². The Hall–Kier alpha value is -0.860. The van der Waals surface area contributed by atoms with Crippen LogP contribution in [0.3, 0.4) is 0 Å². The Kier molecular flexibility index (Phi) is 7.26. The first-order valence-electron chi connectivity index (χ1n) is 5.25. The molecule has 0 saturated carbocycles. The van der Waals surface area contributed by atoms with Gasteiger partial charge in [0.15, 0.2) is 0 Å². The third-order valence-corrected chi connectivity index (χ3v) is 1.69. The first kappa shape index (κ1) is 12.1. The number of nitrogens with zero attached hydrogens (tertiary/aromatic N) is 3. The average molecular weight is 183 g/mol. The molecule has 13 heavy (non-hydrogen) atoms. The summed E-state index contributed by atoms with van der Waals surface area (Å²) in [4.78, 5) is 0. The fourth-order valence-electron chi connectivity index (χ4n) is 0.930. The van der Waals surface area contributed by atoms with E-state index in [9.17, 15) is 0 Å². The molecule has 1 heterocycles. The van der Waals surface area contributed by atoms with Gasteiger partial charge in [-0.15, -0.1) is 5.10 Å². The van der Waals surface area contributed by atoms with Crippen LogP contribution in [0.15, 0.2) is 6.20 Å². The molecule has 1 rings (SSSR count). The SMILES string of the molecule is CC.CCCCn1cc(CC)nn1. The standard InChI is InChI=1S/C8H15N3.C2H6/c1-3-5-6-11-7-8(4-2)9-10-11;1-2/h7H,3-6H2,1-2H3;1-2H3. The van der Waals surface area contributed by atoms with E-state index in [1.165, 1.54) is 12.8 Å². The van der Waals surface area contributed by atoms with Crippen LogP contribution in [0.1, 0.15) is 46.2 Å². The summed E-state index contributed by atoms with van der Waals surface area (Å²) < 4.78 is 1.92. The molecular formula is C10H21N3. The molecule has 1 aromatic heterocycles. The monoisotopic (exact) mass is 183 g/mol. The van der Waals surface area contributed by atoms with Crippen molar-refractivity contribution >= 4 is 0 Å². The summed E-state index contributed by atoms with van der Waals surface area (Å²) >= 11 is 0. The van der Waals surface area contributed by atoms with Crippen LogP contribution in [0.4, 0.5) is 0 Å². The van der Waals surface area contributed by atoms with Gasteiger partial charge in [-0.1, -0.05) is 39.3 Å². The number of hydrogen-bond acceptors (Lipinski definition) is 2. The summed E-state index contributed by atoms with van der Waals surface area (Å²) in [5.74, 6) is 0. The minimum atomic E-state index is 0.978. The second-order valence-electron chi connectivity index (χ2n) is 2.68. The van der Waals surface area contributed by atoms with E-state index in [1.54, 1.807) is 0 Å². The lowest BCUT2D eigenvalue weighted by Gasteiger charge is -1.94. The van der Waals surface area contributed by atoms with E-state index in [0.717, 1.165) is 18.7 Å². The average Bonchev–Trinajstić information content (AvgIpc) is 2.65. The summed E-state index contributed by atoms with van der Waals surface area (Å²) in [6.07, 6.45) is 5.40. The molecule has 0 saturated heterocycles. The molecule has 3 heteroatoms. The fourth-order valence-corrected chi connectivity index (χ4v) is 0.930. The van der Waals surface area contributed by atoms with Crippen LogP contribution in [0, 0.1) is 0 Å². The van der Waals surface area contributed by atoms with E-state index >= 15 is 0 Å². The highest BCUT2D eigenvalue weighted by Crippen LogP contribution is 1.96. The third kappa shape index (κ3) is 4.65. The predicted molar refractivity (Wildman–Crippen MR) is 55.7 cm³/mol. The lowest BCUT2D eigenvalue weighted by Crippen LogP contribution is -1.97. The van der Waals surface area contributed by atoms with Crippen LogP contribution in [0.25, 0.3) is 0 Å². The summed E-state index contributed by atoms with van der Waals surface area (Å²) in [5.41, 5.74) is 1.08. The maximum absolute atomic E-state index is 4.00. The third-order valence-electron chi connectivity index (χ3n) is 1.69. The number of aryl methyl sites for hydroxylation is 2. The van der Waals surface area contributed by atoms with E-state index in [0.29, 0.717) is 0 Å². The van der Waals surface area contributed by atoms with Gasteiger partial charge >= 0.3 is 0 Å². The summed E-state index contributed by atoms with van der Waals surface area (Å²) in [5, 5.41) is 7.99. The van der Waals surface area contributed by atoms with Gasteiger partial charge in [-0.25, -0.2) is 0 Å². The Balaban J connectivity index is 0.000000671. The predicted octanol–water partition coefficient (Wildman–Crippen LogP) is 2.67. The molecule has 0 aliphatic rings. The molecule has 1 aromatic rings. The lowest BCUT2D eigenvalue weighted by atomic mass is 10.3. The van der Waals surface area contributed by atoms with Crippen molar-refractivity contribution in [3.05, 3.63) is 11.9 Å². The van der Waals surface area contributed by atoms with Gasteiger partial charge in [-0.05, 0) is 12.8 Å². The Bertz CT molecular complexity index is 206. The van der Waals surface area contributed by atoms with E-state index in [4.69, 9.17) is 0 Å². The number of unbranched alkanes of at least 4 members (excludes halogenated alkanes) is 1. The van der Waals surface area contributed by atoms with Crippen molar-refractivity contribution in [2.75, 3.05) is 0 Å². The molecule has 0 aromatic carbocycles. The lowest BCUT2D eigenvalue weighted by molar-refractivity contribution is 0.553. The Morgan fingerprint density at radius 3 is 2.46 bits per heavy atom. The quantitative estimate of drug-likeness (QED) is 0.718. The van der Waals surface area contributed by atoms with Crippen LogP contribution in [0.2, 0.25) is 0 Å². The van der Waals surface area contributed by atoms with Gasteiger partial charge in [0.25, 0.3) is 0 Å². The molecule has 76 valence electrons. The summed E-state index contributed by atoms with van der Waals surface area (Å²) in [6.45, 7) is 9.27. The topological polar surface area (TPSA) is 30.7 Å². The largest absolute Gasteiger partial charge is 0.252 e. The van der Waals surface area contributed by atoms with Gasteiger partial charge in [0, 0.05) is 12.7 Å². The first-order chi connectivity index (χ1) is 6.36. The van der Waals surface area contributed by atoms with Crippen molar-refractivity contribution in [2.24, 2.45) is 0 Å². The van der Waals surface area contributed by atoms with Gasteiger partial charge in [0.05, 0.1) is 5.69 Å². The van der Waals surface area contributed by atoms with Crippen molar-refractivity contribution in [3.8, 4) is 0 Å². The highest BCUT2D eigenvalue weighted by atomic mass is 15.4. The van der Waals surface area contributed by atoms with Crippen molar-refractivity contribution < 1.29 is 0 Å². The van der Waals surface area contributed by atoms with Crippen molar-refractivity contribution in [1.29, 1.82) is 0 Å². The first-order valence-corrected chi connectivity index (χ1v) is 5.25. The van der Waals surface area contributed by atoms with E-state index in [1.807, 2.05) is 24.7 Å². The maximum atomic E-state index is 4.00. The van der Waals surface area contributed by atoms with Crippen molar-refractivity contribution in [3.63, 3.8) is 0 Å². The molecule has 0 bridgehead atoms. The van der Waals surface area contributed by atoms with Crippen molar-refractivity contribution in [1.82, 2.24) is 15.0 Å². The van der Waals surface area contributed by atoms with Crippen LogP contribution in [0.5, 0.6) is 0 Å². The molecule has 0 fully saturated rings. The molecular weight excluding hydrogens is 162 g/mol. The highest BCUT2D eigenvalue weighted by molar-refractivity contribution is 4.90. The normalized spacial score (nSPS) is 9.23. The van der Waals surface area contributed by atoms with Crippen LogP contribution in [-0.4, -0.2) is 15.0 Å². The number of hydrogen-bond donors (Lipinski definition) is 0. The van der Waals surface area contributed by atoms with E-state index < -0.39 is 0 Å². The maximum Gasteiger partial charge on any atom is 0.0824 e. The molecule has 0 aliphatic carbocycles. The summed E-state index contributed by atoms with van der Waals surface area (Å²) in [6, 6.07) is 0. The van der Waals surface area contributed by atoms with Crippen LogP contribution >= 0.6 is 0 Å². The molecule has 0 N–H and O–H groups in total. The molecule has 0 atom stereocenters. The van der Waals surface area contributed by atoms with Crippen LogP contribution < -0.4 is 0 Å². The molecule has 0 amide bonds. The number of aromatic nitrogens is 3. The highest BCUT2D eigenvalue weighted by Gasteiger charge is 1.95. The fraction of sp³-hybridized carbons (Fsp3) is 0.800. The second-order valence-corrected chi connectivity index (χ2v) is 2.68. The minimum absolute atomic E-state index is 0.978. The van der Waals surface area contributed by atoms with Gasteiger partial charge in [0.1, 0.15) is 0 Å². The van der Waals surface area contributed by atoms with Gasteiger partial charge in [-0.2, -0.15) is 0 Å². The molecule has 0 radical (unpaired) electrons. The second kappa shape index (κ2) is 7.77. The summed E-state index contributed by atoms with van der Waals surface area (Å²) in [7, 11) is 0. The Labute approximate surface area is 81.2 Å². The van der Waals surface area contributed by atoms with Gasteiger partial charge < -0.3 is 0 Å². The Morgan fingerprint density at radius 1 is 1.31 bits per heavy atom. The molecule has 3 nitrogen and oxygen atoms in total. The Morgan fingerprint density at radius 2 is 2.00 bits per heavy atom.